The minimum Gasteiger partial charge on any atom is -0.438 e. The Morgan fingerprint density at radius 3 is 2.12 bits per heavy atom. The molecule has 1 N–H and O–H groups in total. The molecule has 2 heterocycles. The third-order valence-corrected chi connectivity index (χ3v) is 6.44. The van der Waals surface area contributed by atoms with Crippen molar-refractivity contribution in [3.63, 3.8) is 0 Å². The summed E-state index contributed by atoms with van der Waals surface area (Å²) in [5.74, 6) is -1.24. The highest BCUT2D eigenvalue weighted by atomic mass is 32.2. The molecule has 0 atom stereocenters. The predicted molar refractivity (Wildman–Crippen MR) is 117 cm³/mol. The van der Waals surface area contributed by atoms with Crippen molar-refractivity contribution in [1.82, 2.24) is 20.0 Å². The molecule has 0 saturated heterocycles. The van der Waals surface area contributed by atoms with Crippen LogP contribution in [-0.4, -0.2) is 28.4 Å². The number of nitrogens with zero attached hydrogens (tertiary/aromatic N) is 4. The molecule has 0 amide bonds. The molecule has 8 nitrogen and oxygen atoms in total. The van der Waals surface area contributed by atoms with Gasteiger partial charge in [-0.05, 0) is 68.8 Å². The monoisotopic (exact) mass is 471 g/mol. The molecular weight excluding hydrogens is 452 g/mol. The Bertz CT molecular complexity index is 1400. The van der Waals surface area contributed by atoms with Gasteiger partial charge in [0.1, 0.15) is 17.4 Å². The molecule has 0 aliphatic heterocycles. The van der Waals surface area contributed by atoms with Crippen LogP contribution in [0.4, 0.5) is 14.5 Å². The summed E-state index contributed by atoms with van der Waals surface area (Å²) in [5, 5.41) is 12.6. The van der Waals surface area contributed by atoms with Gasteiger partial charge < -0.3 is 4.74 Å². The van der Waals surface area contributed by atoms with E-state index in [1.807, 2.05) is 20.8 Å². The fourth-order valence-corrected chi connectivity index (χ4v) is 4.28. The second-order valence-electron chi connectivity index (χ2n) is 7.22. The molecular formula is C22H19F2N5O3S. The zero-order valence-electron chi connectivity index (χ0n) is 17.9. The molecule has 4 aromatic rings. The van der Waals surface area contributed by atoms with E-state index in [2.05, 4.69) is 20.0 Å². The molecule has 170 valence electrons. The van der Waals surface area contributed by atoms with Crippen molar-refractivity contribution in [2.45, 2.75) is 25.7 Å². The van der Waals surface area contributed by atoms with Gasteiger partial charge in [0.2, 0.25) is 5.88 Å². The molecule has 0 aliphatic rings. The SMILES string of the molecule is Cc1nn(-c2ccc(Oc3ccc(NS(=O)(=O)c4c(F)cccc4F)cc3)nn2)c(C)c1C. The first-order valence-electron chi connectivity index (χ1n) is 9.77. The highest BCUT2D eigenvalue weighted by Crippen LogP contribution is 2.25. The van der Waals surface area contributed by atoms with E-state index in [0.717, 1.165) is 35.2 Å². The van der Waals surface area contributed by atoms with Gasteiger partial charge >= 0.3 is 0 Å². The summed E-state index contributed by atoms with van der Waals surface area (Å²) in [6.07, 6.45) is 0. The Morgan fingerprint density at radius 2 is 1.58 bits per heavy atom. The Morgan fingerprint density at radius 1 is 0.909 bits per heavy atom. The number of anilines is 1. The molecule has 0 unspecified atom stereocenters. The lowest BCUT2D eigenvalue weighted by atomic mass is 10.2. The Hall–Kier alpha value is -3.86. The minimum atomic E-state index is -4.45. The van der Waals surface area contributed by atoms with Gasteiger partial charge in [0.15, 0.2) is 10.7 Å². The van der Waals surface area contributed by atoms with E-state index in [1.54, 1.807) is 16.8 Å². The van der Waals surface area contributed by atoms with Crippen molar-refractivity contribution < 1.29 is 21.9 Å². The zero-order valence-corrected chi connectivity index (χ0v) is 18.7. The van der Waals surface area contributed by atoms with Gasteiger partial charge in [-0.2, -0.15) is 5.10 Å². The van der Waals surface area contributed by atoms with Gasteiger partial charge in [0, 0.05) is 17.4 Å². The maximum absolute atomic E-state index is 13.8. The smallest absolute Gasteiger partial charge is 0.267 e. The summed E-state index contributed by atoms with van der Waals surface area (Å²) in [4.78, 5) is -1.04. The standard InChI is InChI=1S/C22H19F2N5O3S/c1-13-14(2)27-29(15(13)3)20-11-12-21(26-25-20)32-17-9-7-16(8-10-17)28-33(30,31)22-18(23)5-4-6-19(22)24/h4-12,28H,1-3H3. The molecule has 11 heteroatoms. The molecule has 0 radical (unpaired) electrons. The quantitative estimate of drug-likeness (QED) is 0.446. The lowest BCUT2D eigenvalue weighted by molar-refractivity contribution is 0.454. The van der Waals surface area contributed by atoms with Crippen LogP contribution in [0.15, 0.2) is 59.5 Å². The van der Waals surface area contributed by atoms with E-state index in [9.17, 15) is 17.2 Å². The van der Waals surface area contributed by atoms with E-state index >= 15 is 0 Å². The van der Waals surface area contributed by atoms with E-state index < -0.39 is 26.6 Å². The van der Waals surface area contributed by atoms with Gasteiger partial charge in [-0.1, -0.05) is 6.07 Å². The summed E-state index contributed by atoms with van der Waals surface area (Å²) in [6.45, 7) is 5.84. The van der Waals surface area contributed by atoms with Crippen molar-refractivity contribution in [2.75, 3.05) is 4.72 Å². The van der Waals surface area contributed by atoms with Crippen LogP contribution in [0.5, 0.6) is 11.6 Å². The number of aromatic nitrogens is 4. The largest absolute Gasteiger partial charge is 0.438 e. The van der Waals surface area contributed by atoms with Crippen molar-refractivity contribution in [1.29, 1.82) is 0 Å². The van der Waals surface area contributed by atoms with Gasteiger partial charge in [-0.25, -0.2) is 21.9 Å². The number of benzene rings is 2. The van der Waals surface area contributed by atoms with Crippen LogP contribution in [0, 0.1) is 32.4 Å². The number of aryl methyl sites for hydroxylation is 1. The molecule has 2 aromatic heterocycles. The molecule has 0 saturated carbocycles. The summed E-state index contributed by atoms with van der Waals surface area (Å²) in [5.41, 5.74) is 3.05. The van der Waals surface area contributed by atoms with Crippen molar-refractivity contribution in [3.05, 3.63) is 83.2 Å². The number of ether oxygens (including phenoxy) is 1. The van der Waals surface area contributed by atoms with Crippen molar-refractivity contribution in [2.24, 2.45) is 0 Å². The van der Waals surface area contributed by atoms with Crippen LogP contribution in [-0.2, 0) is 10.0 Å². The average molecular weight is 471 g/mol. The molecule has 0 aliphatic carbocycles. The van der Waals surface area contributed by atoms with Gasteiger partial charge in [0.05, 0.1) is 5.69 Å². The number of hydrogen-bond acceptors (Lipinski definition) is 6. The third kappa shape index (κ3) is 4.53. The van der Waals surface area contributed by atoms with Crippen molar-refractivity contribution in [3.8, 4) is 17.4 Å². The number of hydrogen-bond donors (Lipinski definition) is 1. The molecule has 0 fully saturated rings. The topological polar surface area (TPSA) is 99.0 Å². The Labute approximate surface area is 188 Å². The first kappa shape index (κ1) is 22.3. The minimum absolute atomic E-state index is 0.103. The highest BCUT2D eigenvalue weighted by Gasteiger charge is 2.23. The zero-order chi connectivity index (χ0) is 23.8. The molecule has 33 heavy (non-hydrogen) atoms. The van der Waals surface area contributed by atoms with Crippen LogP contribution in [0.25, 0.3) is 5.82 Å². The Kier molecular flexibility index (Phi) is 5.81. The second kappa shape index (κ2) is 8.58. The number of rotatable bonds is 6. The summed E-state index contributed by atoms with van der Waals surface area (Å²) >= 11 is 0. The van der Waals surface area contributed by atoms with E-state index in [4.69, 9.17) is 4.74 Å². The van der Waals surface area contributed by atoms with Crippen LogP contribution >= 0.6 is 0 Å². The van der Waals surface area contributed by atoms with Gasteiger partial charge in [-0.3, -0.25) is 4.72 Å². The number of nitrogens with one attached hydrogen (secondary N) is 1. The maximum atomic E-state index is 13.8. The molecule has 4 rings (SSSR count). The Balaban J connectivity index is 1.47. The molecule has 0 spiro atoms. The molecule has 2 aromatic carbocycles. The van der Waals surface area contributed by atoms with Crippen molar-refractivity contribution >= 4 is 15.7 Å². The second-order valence-corrected chi connectivity index (χ2v) is 8.84. The van der Waals surface area contributed by atoms with Gasteiger partial charge in [-0.15, -0.1) is 10.2 Å². The summed E-state index contributed by atoms with van der Waals surface area (Å²) < 4.78 is 61.9. The normalized spacial score (nSPS) is 11.4. The summed E-state index contributed by atoms with van der Waals surface area (Å²) in [6, 6.07) is 11.9. The van der Waals surface area contributed by atoms with Crippen LogP contribution in [0.3, 0.4) is 0 Å². The fraction of sp³-hybridized carbons (Fsp3) is 0.136. The first-order chi connectivity index (χ1) is 15.7. The highest BCUT2D eigenvalue weighted by molar-refractivity contribution is 7.92. The van der Waals surface area contributed by atoms with Crippen LogP contribution in [0.2, 0.25) is 0 Å². The van der Waals surface area contributed by atoms with Crippen LogP contribution < -0.4 is 9.46 Å². The lowest BCUT2D eigenvalue weighted by Gasteiger charge is -2.10. The van der Waals surface area contributed by atoms with Crippen LogP contribution in [0.1, 0.15) is 17.0 Å². The fourth-order valence-electron chi connectivity index (χ4n) is 3.08. The first-order valence-corrected chi connectivity index (χ1v) is 11.3. The maximum Gasteiger partial charge on any atom is 0.267 e. The van der Waals surface area contributed by atoms with Gasteiger partial charge in [0.25, 0.3) is 10.0 Å². The lowest BCUT2D eigenvalue weighted by Crippen LogP contribution is -2.16. The summed E-state index contributed by atoms with van der Waals surface area (Å²) in [7, 11) is -4.45. The van der Waals surface area contributed by atoms with E-state index in [0.29, 0.717) is 11.6 Å². The van der Waals surface area contributed by atoms with E-state index in [-0.39, 0.29) is 11.6 Å². The number of sulfonamides is 1. The third-order valence-electron chi connectivity index (χ3n) is 5.01. The number of halogens is 2. The molecule has 0 bridgehead atoms. The average Bonchev–Trinajstić information content (AvgIpc) is 3.02. The van der Waals surface area contributed by atoms with E-state index in [1.165, 1.54) is 24.3 Å². The predicted octanol–water partition coefficient (Wildman–Crippen LogP) is 4.46.